The third-order valence-electron chi connectivity index (χ3n) is 2.34. The van der Waals surface area contributed by atoms with Crippen molar-refractivity contribution in [2.45, 2.75) is 38.5 Å². The number of rotatable bonds is 10. The topological polar surface area (TPSA) is 162 Å². The van der Waals surface area contributed by atoms with E-state index in [1.54, 1.807) is 0 Å². The molecule has 0 saturated carbocycles. The van der Waals surface area contributed by atoms with E-state index in [9.17, 15) is 19.2 Å². The number of hydrogen-bond donors (Lipinski definition) is 3. The van der Waals surface area contributed by atoms with Gasteiger partial charge in [0.1, 0.15) is 12.5 Å². The van der Waals surface area contributed by atoms with Crippen molar-refractivity contribution in [3.05, 3.63) is 0 Å². The van der Waals surface area contributed by atoms with Gasteiger partial charge in [0, 0.05) is 13.2 Å². The molecule has 126 valence electrons. The second-order valence-corrected chi connectivity index (χ2v) is 4.10. The molecular formula is C12H19NO9. The smallest absolute Gasteiger partial charge is 0.375 e. The van der Waals surface area contributed by atoms with Gasteiger partial charge < -0.3 is 30.2 Å². The zero-order chi connectivity index (χ0) is 17.3. The Morgan fingerprint density at radius 3 is 1.91 bits per heavy atom. The van der Waals surface area contributed by atoms with Gasteiger partial charge in [-0.05, 0) is 13.8 Å². The van der Waals surface area contributed by atoms with E-state index in [0.717, 1.165) is 0 Å². The summed E-state index contributed by atoms with van der Waals surface area (Å²) in [6.07, 6.45) is -1.64. The number of carbonyl (C=O) groups is 4. The largest absolute Gasteiger partial charge is 0.481 e. The highest BCUT2D eigenvalue weighted by Crippen LogP contribution is 2.21. The zero-order valence-corrected chi connectivity index (χ0v) is 12.2. The Labute approximate surface area is 126 Å². The van der Waals surface area contributed by atoms with Crippen molar-refractivity contribution in [1.29, 1.82) is 0 Å². The Bertz CT molecular complexity index is 428. The minimum Gasteiger partial charge on any atom is -0.481 e. The quantitative estimate of drug-likeness (QED) is 0.261. The van der Waals surface area contributed by atoms with E-state index in [2.05, 4.69) is 4.74 Å². The molecule has 0 aromatic heterocycles. The molecule has 10 heteroatoms. The number of ether oxygens (including phenoxy) is 3. The highest BCUT2D eigenvalue weighted by atomic mass is 16.7. The Balaban J connectivity index is 5.13. The molecule has 10 nitrogen and oxygen atoms in total. The third kappa shape index (κ3) is 6.16. The SMILES string of the molecule is CCOC(CC(=O)O)(OCC)C(=O)OC(=O)C(N)CC(=O)O. The summed E-state index contributed by atoms with van der Waals surface area (Å²) in [6.45, 7) is 2.80. The average molecular weight is 321 g/mol. The summed E-state index contributed by atoms with van der Waals surface area (Å²) < 4.78 is 14.4. The number of hydrogen-bond acceptors (Lipinski definition) is 8. The van der Waals surface area contributed by atoms with Crippen molar-refractivity contribution >= 4 is 23.9 Å². The predicted molar refractivity (Wildman–Crippen MR) is 69.6 cm³/mol. The molecule has 0 aliphatic heterocycles. The first kappa shape index (κ1) is 20.0. The Morgan fingerprint density at radius 1 is 1.05 bits per heavy atom. The van der Waals surface area contributed by atoms with Crippen molar-refractivity contribution in [3.8, 4) is 0 Å². The molecule has 0 radical (unpaired) electrons. The van der Waals surface area contributed by atoms with Crippen LogP contribution >= 0.6 is 0 Å². The van der Waals surface area contributed by atoms with E-state index < -0.39 is 48.5 Å². The lowest BCUT2D eigenvalue weighted by molar-refractivity contribution is -0.248. The predicted octanol–water partition coefficient (Wildman–Crippen LogP) is -0.898. The standard InChI is InChI=1S/C12H19NO9/c1-3-20-12(21-4-2,6-9(16)17)11(19)22-10(18)7(13)5-8(14)15/h7H,3-6,13H2,1-2H3,(H,14,15)(H,16,17). The maximum absolute atomic E-state index is 12.0. The summed E-state index contributed by atoms with van der Waals surface area (Å²) in [7, 11) is 0. The van der Waals surface area contributed by atoms with E-state index >= 15 is 0 Å². The molecule has 0 aliphatic carbocycles. The molecular weight excluding hydrogens is 302 g/mol. The van der Waals surface area contributed by atoms with E-state index in [1.807, 2.05) is 0 Å². The van der Waals surface area contributed by atoms with Gasteiger partial charge in [-0.1, -0.05) is 0 Å². The van der Waals surface area contributed by atoms with E-state index in [0.29, 0.717) is 0 Å². The van der Waals surface area contributed by atoms with Gasteiger partial charge in [0.05, 0.1) is 6.42 Å². The van der Waals surface area contributed by atoms with E-state index in [-0.39, 0.29) is 13.2 Å². The zero-order valence-electron chi connectivity index (χ0n) is 12.2. The van der Waals surface area contributed by atoms with Gasteiger partial charge in [-0.3, -0.25) is 9.59 Å². The van der Waals surface area contributed by atoms with Crippen LogP contribution in [0.1, 0.15) is 26.7 Å². The van der Waals surface area contributed by atoms with Gasteiger partial charge in [-0.2, -0.15) is 0 Å². The van der Waals surface area contributed by atoms with Crippen LogP contribution in [-0.2, 0) is 33.4 Å². The highest BCUT2D eigenvalue weighted by Gasteiger charge is 2.46. The molecule has 0 bridgehead atoms. The van der Waals surface area contributed by atoms with Crippen molar-refractivity contribution in [2.24, 2.45) is 5.73 Å². The second-order valence-electron chi connectivity index (χ2n) is 4.10. The summed E-state index contributed by atoms with van der Waals surface area (Å²) >= 11 is 0. The van der Waals surface area contributed by atoms with E-state index in [4.69, 9.17) is 25.4 Å². The number of carboxylic acids is 2. The fourth-order valence-electron chi connectivity index (χ4n) is 1.52. The van der Waals surface area contributed by atoms with Gasteiger partial charge in [-0.25, -0.2) is 9.59 Å². The van der Waals surface area contributed by atoms with Crippen LogP contribution < -0.4 is 5.73 Å². The molecule has 0 saturated heterocycles. The average Bonchev–Trinajstić information content (AvgIpc) is 2.37. The fraction of sp³-hybridized carbons (Fsp3) is 0.667. The van der Waals surface area contributed by atoms with Gasteiger partial charge in [-0.15, -0.1) is 0 Å². The molecule has 0 fully saturated rings. The lowest BCUT2D eigenvalue weighted by Gasteiger charge is -2.28. The van der Waals surface area contributed by atoms with Gasteiger partial charge in [0.2, 0.25) is 0 Å². The highest BCUT2D eigenvalue weighted by molar-refractivity contribution is 5.94. The Hall–Kier alpha value is -2.04. The van der Waals surface area contributed by atoms with Crippen molar-refractivity contribution in [1.82, 2.24) is 0 Å². The van der Waals surface area contributed by atoms with Crippen molar-refractivity contribution in [2.75, 3.05) is 13.2 Å². The lowest BCUT2D eigenvalue weighted by atomic mass is 10.2. The van der Waals surface area contributed by atoms with Gasteiger partial charge >= 0.3 is 23.9 Å². The molecule has 4 N–H and O–H groups in total. The number of esters is 2. The number of carboxylic acid groups (broad SMARTS) is 2. The molecule has 0 aromatic rings. The first-order valence-corrected chi connectivity index (χ1v) is 6.41. The summed E-state index contributed by atoms with van der Waals surface area (Å²) in [6, 6.07) is -1.58. The normalized spacial score (nSPS) is 12.5. The van der Waals surface area contributed by atoms with Crippen molar-refractivity contribution in [3.63, 3.8) is 0 Å². The number of aliphatic carboxylic acids is 2. The molecule has 0 rings (SSSR count). The van der Waals surface area contributed by atoms with Crippen LogP contribution in [0.4, 0.5) is 0 Å². The second kappa shape index (κ2) is 9.07. The van der Waals surface area contributed by atoms with Crippen LogP contribution in [0.5, 0.6) is 0 Å². The third-order valence-corrected chi connectivity index (χ3v) is 2.34. The van der Waals surface area contributed by atoms with Gasteiger partial charge in [0.25, 0.3) is 5.79 Å². The molecule has 1 atom stereocenters. The maximum atomic E-state index is 12.0. The lowest BCUT2D eigenvalue weighted by Crippen LogP contribution is -2.50. The first-order valence-electron chi connectivity index (χ1n) is 6.41. The summed E-state index contributed by atoms with van der Waals surface area (Å²) in [5.74, 6) is -7.79. The van der Waals surface area contributed by atoms with Crippen LogP contribution in [0.25, 0.3) is 0 Å². The van der Waals surface area contributed by atoms with Crippen LogP contribution in [0.3, 0.4) is 0 Å². The number of carbonyl (C=O) groups excluding carboxylic acids is 2. The molecule has 1 unspecified atom stereocenters. The molecule has 0 spiro atoms. The summed E-state index contributed by atoms with van der Waals surface area (Å²) in [5.41, 5.74) is 5.25. The molecule has 0 aromatic carbocycles. The molecule has 0 amide bonds. The summed E-state index contributed by atoms with van der Waals surface area (Å²) in [5, 5.41) is 17.4. The fourth-order valence-corrected chi connectivity index (χ4v) is 1.52. The van der Waals surface area contributed by atoms with E-state index in [1.165, 1.54) is 13.8 Å². The van der Waals surface area contributed by atoms with Crippen LogP contribution in [0.15, 0.2) is 0 Å². The number of nitrogens with two attached hydrogens (primary N) is 1. The van der Waals surface area contributed by atoms with Crippen LogP contribution in [0, 0.1) is 0 Å². The minimum atomic E-state index is -2.30. The minimum absolute atomic E-state index is 0.0856. The maximum Gasteiger partial charge on any atom is 0.375 e. The van der Waals surface area contributed by atoms with Crippen molar-refractivity contribution < 1.29 is 43.6 Å². The Morgan fingerprint density at radius 2 is 1.55 bits per heavy atom. The van der Waals surface area contributed by atoms with Crippen LogP contribution in [0.2, 0.25) is 0 Å². The molecule has 22 heavy (non-hydrogen) atoms. The summed E-state index contributed by atoms with van der Waals surface area (Å²) in [4.78, 5) is 44.9. The van der Waals surface area contributed by atoms with Crippen LogP contribution in [-0.4, -0.2) is 59.1 Å². The monoisotopic (exact) mass is 321 g/mol. The Kier molecular flexibility index (Phi) is 8.23. The molecule has 0 heterocycles. The first-order chi connectivity index (χ1) is 10.2. The molecule has 0 aliphatic rings. The van der Waals surface area contributed by atoms with Gasteiger partial charge in [0.15, 0.2) is 0 Å².